The van der Waals surface area contributed by atoms with Crippen molar-refractivity contribution in [3.05, 3.63) is 98.5 Å². The Morgan fingerprint density at radius 3 is 2.34 bits per heavy atom. The maximum absolute atomic E-state index is 12.7. The van der Waals surface area contributed by atoms with Crippen molar-refractivity contribution in [2.24, 2.45) is 11.0 Å². The summed E-state index contributed by atoms with van der Waals surface area (Å²) in [6, 6.07) is 18.1. The van der Waals surface area contributed by atoms with Crippen LogP contribution in [-0.4, -0.2) is 24.1 Å². The molecular weight excluding hydrogens is 509 g/mol. The van der Waals surface area contributed by atoms with Crippen molar-refractivity contribution in [2.75, 3.05) is 0 Å². The van der Waals surface area contributed by atoms with E-state index in [1.807, 2.05) is 26.0 Å². The van der Waals surface area contributed by atoms with Gasteiger partial charge in [0.1, 0.15) is 18.4 Å². The van der Waals surface area contributed by atoms with E-state index in [0.29, 0.717) is 31.9 Å². The van der Waals surface area contributed by atoms with Gasteiger partial charge in [0.05, 0.1) is 6.21 Å². The molecule has 0 saturated heterocycles. The van der Waals surface area contributed by atoms with Crippen LogP contribution in [0.15, 0.2) is 71.8 Å². The van der Waals surface area contributed by atoms with Gasteiger partial charge in [-0.05, 0) is 54.4 Å². The van der Waals surface area contributed by atoms with Crippen LogP contribution in [0, 0.1) is 5.92 Å². The van der Waals surface area contributed by atoms with Crippen LogP contribution >= 0.6 is 34.8 Å². The number of carbonyl (C=O) groups excluding carboxylic acids is 2. The second-order valence-electron chi connectivity index (χ2n) is 8.00. The van der Waals surface area contributed by atoms with Crippen LogP contribution in [0.4, 0.5) is 0 Å². The van der Waals surface area contributed by atoms with Gasteiger partial charge in [-0.25, -0.2) is 5.43 Å². The van der Waals surface area contributed by atoms with Crippen molar-refractivity contribution in [3.63, 3.8) is 0 Å². The maximum Gasteiger partial charge on any atom is 0.262 e. The number of hydrazone groups is 1. The highest BCUT2D eigenvalue weighted by atomic mass is 35.5. The van der Waals surface area contributed by atoms with Gasteiger partial charge in [0.25, 0.3) is 11.8 Å². The number of carbonyl (C=O) groups is 2. The van der Waals surface area contributed by atoms with Crippen molar-refractivity contribution in [1.29, 1.82) is 0 Å². The molecule has 0 aromatic heterocycles. The highest BCUT2D eigenvalue weighted by Gasteiger charge is 2.24. The van der Waals surface area contributed by atoms with Gasteiger partial charge in [0, 0.05) is 31.8 Å². The monoisotopic (exact) mass is 531 g/mol. The molecule has 182 valence electrons. The topological polar surface area (TPSA) is 79.8 Å². The molecular formula is C26H24Cl3N3O3. The third-order valence-corrected chi connectivity index (χ3v) is 5.88. The number of halogens is 3. The quantitative estimate of drug-likeness (QED) is 0.257. The molecule has 2 N–H and O–H groups in total. The van der Waals surface area contributed by atoms with Crippen LogP contribution in [0.2, 0.25) is 15.1 Å². The summed E-state index contributed by atoms with van der Waals surface area (Å²) in [4.78, 5) is 25.3. The zero-order valence-electron chi connectivity index (χ0n) is 19.1. The van der Waals surface area contributed by atoms with Gasteiger partial charge >= 0.3 is 0 Å². The lowest BCUT2D eigenvalue weighted by atomic mass is 10.0. The van der Waals surface area contributed by atoms with Gasteiger partial charge in [-0.3, -0.25) is 9.59 Å². The number of hydrogen-bond acceptors (Lipinski definition) is 4. The molecule has 3 aromatic carbocycles. The lowest BCUT2D eigenvalue weighted by Crippen LogP contribution is -2.48. The van der Waals surface area contributed by atoms with E-state index >= 15 is 0 Å². The molecule has 35 heavy (non-hydrogen) atoms. The number of benzene rings is 3. The van der Waals surface area contributed by atoms with Crippen LogP contribution in [0.3, 0.4) is 0 Å². The van der Waals surface area contributed by atoms with Crippen LogP contribution in [-0.2, 0) is 11.4 Å². The Hall–Kier alpha value is -3.06. The fourth-order valence-electron chi connectivity index (χ4n) is 3.11. The normalized spacial score (nSPS) is 11.9. The molecule has 3 rings (SSSR count). The molecule has 0 heterocycles. The van der Waals surface area contributed by atoms with Gasteiger partial charge in [0.2, 0.25) is 0 Å². The Labute approximate surface area is 219 Å². The third-order valence-electron chi connectivity index (χ3n) is 5.04. The van der Waals surface area contributed by atoms with E-state index in [1.54, 1.807) is 54.6 Å². The van der Waals surface area contributed by atoms with Crippen molar-refractivity contribution >= 4 is 52.8 Å². The van der Waals surface area contributed by atoms with Crippen LogP contribution in [0.1, 0.15) is 35.3 Å². The van der Waals surface area contributed by atoms with E-state index in [1.165, 1.54) is 6.21 Å². The molecule has 6 nitrogen and oxygen atoms in total. The summed E-state index contributed by atoms with van der Waals surface area (Å²) in [5.74, 6) is -0.418. The first kappa shape index (κ1) is 26.5. The third kappa shape index (κ3) is 7.72. The predicted molar refractivity (Wildman–Crippen MR) is 141 cm³/mol. The molecule has 1 unspecified atom stereocenters. The average Bonchev–Trinajstić information content (AvgIpc) is 2.82. The lowest BCUT2D eigenvalue weighted by molar-refractivity contribution is -0.123. The maximum atomic E-state index is 12.7. The smallest absolute Gasteiger partial charge is 0.262 e. The van der Waals surface area contributed by atoms with Gasteiger partial charge in [0.15, 0.2) is 0 Å². The second kappa shape index (κ2) is 12.6. The number of hydrogen-bond donors (Lipinski definition) is 2. The molecule has 0 bridgehead atoms. The molecule has 0 spiro atoms. The first-order valence-electron chi connectivity index (χ1n) is 10.8. The molecule has 3 aromatic rings. The van der Waals surface area contributed by atoms with Crippen molar-refractivity contribution in [3.8, 4) is 5.75 Å². The number of amides is 2. The Morgan fingerprint density at radius 1 is 0.971 bits per heavy atom. The lowest BCUT2D eigenvalue weighted by Gasteiger charge is -2.20. The minimum Gasteiger partial charge on any atom is -0.488 e. The van der Waals surface area contributed by atoms with Gasteiger partial charge in [-0.2, -0.15) is 5.10 Å². The standard InChI is InChI=1S/C26H24Cl3N3O3/c1-16(2)24(31-25(33)17-7-10-20(27)11-8-17)26(34)32-30-14-18-5-3-4-6-23(18)35-15-19-9-12-21(28)13-22(19)29/h3-14,16,24H,15H2,1-2H3,(H,31,33)(H,32,34)/b30-14+. The van der Waals surface area contributed by atoms with Gasteiger partial charge < -0.3 is 10.1 Å². The zero-order chi connectivity index (χ0) is 25.4. The number of rotatable bonds is 9. The molecule has 0 fully saturated rings. The van der Waals surface area contributed by atoms with E-state index in [-0.39, 0.29) is 18.4 Å². The fraction of sp³-hybridized carbons (Fsp3) is 0.192. The van der Waals surface area contributed by atoms with E-state index in [2.05, 4.69) is 15.8 Å². The molecule has 9 heteroatoms. The summed E-state index contributed by atoms with van der Waals surface area (Å²) in [7, 11) is 0. The summed E-state index contributed by atoms with van der Waals surface area (Å²) in [5.41, 5.74) is 4.35. The highest BCUT2D eigenvalue weighted by Crippen LogP contribution is 2.24. The van der Waals surface area contributed by atoms with Crippen molar-refractivity contribution < 1.29 is 14.3 Å². The largest absolute Gasteiger partial charge is 0.488 e. The minimum absolute atomic E-state index is 0.166. The molecule has 0 aliphatic rings. The zero-order valence-corrected chi connectivity index (χ0v) is 21.4. The highest BCUT2D eigenvalue weighted by molar-refractivity contribution is 6.35. The fourth-order valence-corrected chi connectivity index (χ4v) is 3.70. The molecule has 1 atom stereocenters. The number of nitrogens with zero attached hydrogens (tertiary/aromatic N) is 1. The van der Waals surface area contributed by atoms with Crippen LogP contribution in [0.5, 0.6) is 5.75 Å². The van der Waals surface area contributed by atoms with E-state index in [4.69, 9.17) is 39.5 Å². The number of ether oxygens (including phenoxy) is 1. The number of para-hydroxylation sites is 1. The molecule has 0 radical (unpaired) electrons. The average molecular weight is 533 g/mol. The Balaban J connectivity index is 1.63. The van der Waals surface area contributed by atoms with Crippen LogP contribution < -0.4 is 15.5 Å². The predicted octanol–water partition coefficient (Wildman–Crippen LogP) is 6.13. The molecule has 2 amide bonds. The summed E-state index contributed by atoms with van der Waals surface area (Å²) in [6.45, 7) is 3.90. The Bertz CT molecular complexity index is 1210. The summed E-state index contributed by atoms with van der Waals surface area (Å²) in [6.07, 6.45) is 1.48. The summed E-state index contributed by atoms with van der Waals surface area (Å²) >= 11 is 18.0. The molecule has 0 aliphatic heterocycles. The van der Waals surface area contributed by atoms with E-state index < -0.39 is 11.9 Å². The molecule has 0 aliphatic carbocycles. The minimum atomic E-state index is -0.783. The summed E-state index contributed by atoms with van der Waals surface area (Å²) < 4.78 is 5.90. The first-order valence-corrected chi connectivity index (χ1v) is 11.9. The Morgan fingerprint density at radius 2 is 1.66 bits per heavy atom. The van der Waals surface area contributed by atoms with E-state index in [9.17, 15) is 9.59 Å². The second-order valence-corrected chi connectivity index (χ2v) is 9.28. The first-order chi connectivity index (χ1) is 16.7. The van der Waals surface area contributed by atoms with Crippen molar-refractivity contribution in [1.82, 2.24) is 10.7 Å². The Kier molecular flexibility index (Phi) is 9.55. The van der Waals surface area contributed by atoms with Gasteiger partial charge in [-0.1, -0.05) is 66.8 Å². The van der Waals surface area contributed by atoms with E-state index in [0.717, 1.165) is 5.56 Å². The summed E-state index contributed by atoms with van der Waals surface area (Å²) in [5, 5.41) is 8.39. The van der Waals surface area contributed by atoms with Crippen LogP contribution in [0.25, 0.3) is 0 Å². The van der Waals surface area contributed by atoms with Gasteiger partial charge in [-0.15, -0.1) is 0 Å². The van der Waals surface area contributed by atoms with Crippen molar-refractivity contribution in [2.45, 2.75) is 26.5 Å². The SMILES string of the molecule is CC(C)C(NC(=O)c1ccc(Cl)cc1)C(=O)N/N=C/c1ccccc1OCc1ccc(Cl)cc1Cl. The number of nitrogens with one attached hydrogen (secondary N) is 2. The molecule has 0 saturated carbocycles.